The third-order valence-electron chi connectivity index (χ3n) is 4.39. The molecule has 0 bridgehead atoms. The van der Waals surface area contributed by atoms with Crippen molar-refractivity contribution in [2.24, 2.45) is 0 Å². The summed E-state index contributed by atoms with van der Waals surface area (Å²) in [6.07, 6.45) is 5.60. The summed E-state index contributed by atoms with van der Waals surface area (Å²) in [7, 11) is 0. The van der Waals surface area contributed by atoms with Gasteiger partial charge in [-0.05, 0) is 26.7 Å². The zero-order valence-electron chi connectivity index (χ0n) is 11.3. The Bertz CT molecular complexity index is 394. The molecular formula is C14H22N2O2. The third-order valence-corrected chi connectivity index (χ3v) is 4.39. The molecule has 1 saturated carbocycles. The molecule has 2 aliphatic rings. The van der Waals surface area contributed by atoms with E-state index in [1.54, 1.807) is 0 Å². The first-order valence-electron chi connectivity index (χ1n) is 7.03. The molecule has 0 spiro atoms. The molecule has 3 rings (SSSR count). The van der Waals surface area contributed by atoms with Crippen LogP contribution < -0.4 is 0 Å². The predicted octanol–water partition coefficient (Wildman–Crippen LogP) is 2.43. The van der Waals surface area contributed by atoms with Crippen LogP contribution in [0, 0.1) is 13.8 Å². The summed E-state index contributed by atoms with van der Waals surface area (Å²) in [5.74, 6) is 0.964. The van der Waals surface area contributed by atoms with Gasteiger partial charge < -0.3 is 9.26 Å². The number of nitrogens with zero attached hydrogens (tertiary/aromatic N) is 2. The minimum atomic E-state index is 0.452. The predicted molar refractivity (Wildman–Crippen MR) is 68.4 cm³/mol. The first-order chi connectivity index (χ1) is 8.75. The van der Waals surface area contributed by atoms with Crippen LogP contribution in [0.4, 0.5) is 0 Å². The van der Waals surface area contributed by atoms with E-state index < -0.39 is 0 Å². The molecule has 0 unspecified atom stereocenters. The normalized spacial score (nSPS) is 29.2. The summed E-state index contributed by atoms with van der Waals surface area (Å²) in [4.78, 5) is 2.57. The van der Waals surface area contributed by atoms with Gasteiger partial charge in [0.2, 0.25) is 0 Å². The van der Waals surface area contributed by atoms with Crippen molar-refractivity contribution in [3.63, 3.8) is 0 Å². The molecule has 0 radical (unpaired) electrons. The van der Waals surface area contributed by atoms with E-state index in [4.69, 9.17) is 9.26 Å². The van der Waals surface area contributed by atoms with E-state index in [-0.39, 0.29) is 0 Å². The molecule has 18 heavy (non-hydrogen) atoms. The number of aromatic nitrogens is 1. The summed E-state index contributed by atoms with van der Waals surface area (Å²) in [6, 6.07) is 0.598. The fourth-order valence-electron chi connectivity index (χ4n) is 3.30. The summed E-state index contributed by atoms with van der Waals surface area (Å²) in [6.45, 7) is 6.90. The number of hydrogen-bond donors (Lipinski definition) is 0. The van der Waals surface area contributed by atoms with Crippen LogP contribution >= 0.6 is 0 Å². The molecule has 1 aliphatic heterocycles. The topological polar surface area (TPSA) is 38.5 Å². The lowest BCUT2D eigenvalue weighted by atomic mass is 9.90. The van der Waals surface area contributed by atoms with Gasteiger partial charge in [0.1, 0.15) is 5.76 Å². The second-order valence-corrected chi connectivity index (χ2v) is 5.53. The second kappa shape index (κ2) is 5.02. The number of hydrogen-bond acceptors (Lipinski definition) is 4. The van der Waals surface area contributed by atoms with Gasteiger partial charge in [0.15, 0.2) is 0 Å². The van der Waals surface area contributed by atoms with Crippen molar-refractivity contribution in [1.29, 1.82) is 0 Å². The van der Waals surface area contributed by atoms with Crippen LogP contribution in [0.1, 0.15) is 42.7 Å². The van der Waals surface area contributed by atoms with Crippen LogP contribution in [0.5, 0.6) is 0 Å². The van der Waals surface area contributed by atoms with Crippen molar-refractivity contribution in [3.8, 4) is 0 Å². The summed E-state index contributed by atoms with van der Waals surface area (Å²) in [5, 5.41) is 4.05. The first kappa shape index (κ1) is 12.2. The molecule has 1 saturated heterocycles. The van der Waals surface area contributed by atoms with E-state index >= 15 is 0 Å². The molecule has 0 amide bonds. The van der Waals surface area contributed by atoms with E-state index in [1.165, 1.54) is 31.2 Å². The van der Waals surface area contributed by atoms with Gasteiger partial charge in [0.05, 0.1) is 18.4 Å². The van der Waals surface area contributed by atoms with Gasteiger partial charge in [-0.1, -0.05) is 18.0 Å². The molecule has 100 valence electrons. The lowest BCUT2D eigenvalue weighted by Crippen LogP contribution is -2.52. The van der Waals surface area contributed by atoms with E-state index in [0.29, 0.717) is 12.1 Å². The molecule has 1 aromatic heterocycles. The van der Waals surface area contributed by atoms with Gasteiger partial charge in [-0.2, -0.15) is 0 Å². The van der Waals surface area contributed by atoms with Crippen LogP contribution in [0.25, 0.3) is 0 Å². The third kappa shape index (κ3) is 2.19. The van der Waals surface area contributed by atoms with Crippen molar-refractivity contribution < 1.29 is 9.26 Å². The molecule has 0 aromatic carbocycles. The zero-order valence-corrected chi connectivity index (χ0v) is 11.3. The molecule has 1 aliphatic carbocycles. The van der Waals surface area contributed by atoms with Crippen LogP contribution in [0.2, 0.25) is 0 Å². The Balaban J connectivity index is 1.75. The Kier molecular flexibility index (Phi) is 3.39. The molecule has 2 heterocycles. The van der Waals surface area contributed by atoms with Gasteiger partial charge in [-0.3, -0.25) is 4.90 Å². The minimum absolute atomic E-state index is 0.452. The Morgan fingerprint density at radius 1 is 1.28 bits per heavy atom. The molecule has 1 aromatic rings. The highest BCUT2D eigenvalue weighted by Crippen LogP contribution is 2.30. The monoisotopic (exact) mass is 250 g/mol. The zero-order chi connectivity index (χ0) is 12.5. The van der Waals surface area contributed by atoms with Gasteiger partial charge in [0, 0.05) is 24.7 Å². The van der Waals surface area contributed by atoms with Crippen molar-refractivity contribution in [2.75, 3.05) is 13.2 Å². The van der Waals surface area contributed by atoms with Gasteiger partial charge in [-0.15, -0.1) is 0 Å². The van der Waals surface area contributed by atoms with E-state index in [1.807, 2.05) is 13.8 Å². The lowest BCUT2D eigenvalue weighted by molar-refractivity contribution is -0.0912. The maximum Gasteiger partial charge on any atom is 0.138 e. The minimum Gasteiger partial charge on any atom is -0.375 e. The maximum atomic E-state index is 5.91. The van der Waals surface area contributed by atoms with E-state index in [9.17, 15) is 0 Å². The molecule has 2 fully saturated rings. The highest BCUT2D eigenvalue weighted by atomic mass is 16.5. The lowest BCUT2D eigenvalue weighted by Gasteiger charge is -2.43. The van der Waals surface area contributed by atoms with Crippen LogP contribution in [0.3, 0.4) is 0 Å². The number of rotatable bonds is 2. The van der Waals surface area contributed by atoms with Gasteiger partial charge in [0.25, 0.3) is 0 Å². The molecule has 4 nitrogen and oxygen atoms in total. The standard InChI is InChI=1S/C14H22N2O2/c1-10-12(11(2)18-15-10)9-16-7-8-17-14-6-4-3-5-13(14)16/h13-14H,3-9H2,1-2H3/t13-,14+/m0/s1. The van der Waals surface area contributed by atoms with Crippen molar-refractivity contribution in [2.45, 2.75) is 58.2 Å². The van der Waals surface area contributed by atoms with Crippen molar-refractivity contribution >= 4 is 0 Å². The smallest absolute Gasteiger partial charge is 0.138 e. The van der Waals surface area contributed by atoms with E-state index in [0.717, 1.165) is 31.2 Å². The molecular weight excluding hydrogens is 228 g/mol. The Hall–Kier alpha value is -0.870. The summed E-state index contributed by atoms with van der Waals surface area (Å²) < 4.78 is 11.2. The van der Waals surface area contributed by atoms with Crippen LogP contribution in [-0.2, 0) is 11.3 Å². The Morgan fingerprint density at radius 2 is 2.11 bits per heavy atom. The van der Waals surface area contributed by atoms with Crippen LogP contribution in [-0.4, -0.2) is 35.4 Å². The number of ether oxygens (including phenoxy) is 1. The summed E-state index contributed by atoms with van der Waals surface area (Å²) >= 11 is 0. The average Bonchev–Trinajstić information content (AvgIpc) is 2.71. The molecule has 4 heteroatoms. The largest absolute Gasteiger partial charge is 0.375 e. The quantitative estimate of drug-likeness (QED) is 0.808. The fourth-order valence-corrected chi connectivity index (χ4v) is 3.30. The van der Waals surface area contributed by atoms with Crippen LogP contribution in [0.15, 0.2) is 4.52 Å². The maximum absolute atomic E-state index is 5.91. The molecule has 0 N–H and O–H groups in total. The van der Waals surface area contributed by atoms with E-state index in [2.05, 4.69) is 10.1 Å². The highest BCUT2D eigenvalue weighted by molar-refractivity contribution is 5.20. The van der Waals surface area contributed by atoms with Gasteiger partial charge in [-0.25, -0.2) is 0 Å². The summed E-state index contributed by atoms with van der Waals surface area (Å²) in [5.41, 5.74) is 2.30. The molecule has 2 atom stereocenters. The average molecular weight is 250 g/mol. The van der Waals surface area contributed by atoms with Crippen molar-refractivity contribution in [1.82, 2.24) is 10.1 Å². The number of fused-ring (bicyclic) bond motifs is 1. The van der Waals surface area contributed by atoms with Crippen molar-refractivity contribution in [3.05, 3.63) is 17.0 Å². The second-order valence-electron chi connectivity index (χ2n) is 5.53. The Morgan fingerprint density at radius 3 is 2.89 bits per heavy atom. The number of morpholine rings is 1. The highest BCUT2D eigenvalue weighted by Gasteiger charge is 2.34. The first-order valence-corrected chi connectivity index (χ1v) is 7.03. The fraction of sp³-hybridized carbons (Fsp3) is 0.786. The number of aryl methyl sites for hydroxylation is 2. The van der Waals surface area contributed by atoms with Gasteiger partial charge >= 0.3 is 0 Å². The SMILES string of the molecule is Cc1noc(C)c1CN1CCO[C@@H]2CCCC[C@@H]21. The Labute approximate surface area is 108 Å².